The standard InChI is InChI=1S/C19H20N4O4S2/c1-4-26-16(24)8-13-9-29-19(21-13)22-17(25)14-6-5-7-20-18(14)28-10-15-11(2)23-27-12(15)3/h5-7,9H,4,8,10H2,1-3H3,(H,21,22,25). The molecule has 152 valence electrons. The first-order valence-electron chi connectivity index (χ1n) is 8.88. The Morgan fingerprint density at radius 2 is 2.17 bits per heavy atom. The first kappa shape index (κ1) is 21.0. The van der Waals surface area contributed by atoms with E-state index in [-0.39, 0.29) is 18.3 Å². The smallest absolute Gasteiger partial charge is 0.311 e. The van der Waals surface area contributed by atoms with Crippen LogP contribution in [0.25, 0.3) is 0 Å². The number of pyridine rings is 1. The van der Waals surface area contributed by atoms with Gasteiger partial charge in [0.2, 0.25) is 0 Å². The molecule has 0 aliphatic rings. The fraction of sp³-hybridized carbons (Fsp3) is 0.316. The number of thioether (sulfide) groups is 1. The van der Waals surface area contributed by atoms with E-state index in [1.807, 2.05) is 13.8 Å². The number of nitrogens with zero attached hydrogens (tertiary/aromatic N) is 3. The van der Waals surface area contributed by atoms with Crippen LogP contribution >= 0.6 is 23.1 Å². The monoisotopic (exact) mass is 432 g/mol. The molecule has 0 atom stereocenters. The Morgan fingerprint density at radius 3 is 2.90 bits per heavy atom. The topological polar surface area (TPSA) is 107 Å². The molecule has 0 saturated heterocycles. The molecule has 1 amide bonds. The summed E-state index contributed by atoms with van der Waals surface area (Å²) < 4.78 is 10.1. The molecule has 0 aliphatic carbocycles. The molecular formula is C19H20N4O4S2. The van der Waals surface area contributed by atoms with E-state index in [2.05, 4.69) is 20.4 Å². The molecule has 3 heterocycles. The largest absolute Gasteiger partial charge is 0.466 e. The summed E-state index contributed by atoms with van der Waals surface area (Å²) in [6, 6.07) is 3.42. The molecule has 1 N–H and O–H groups in total. The van der Waals surface area contributed by atoms with Gasteiger partial charge in [0.05, 0.1) is 30.0 Å². The molecule has 0 aromatic carbocycles. The van der Waals surface area contributed by atoms with Gasteiger partial charge in [0.15, 0.2) is 5.13 Å². The summed E-state index contributed by atoms with van der Waals surface area (Å²) in [4.78, 5) is 32.9. The molecular weight excluding hydrogens is 412 g/mol. The average molecular weight is 433 g/mol. The van der Waals surface area contributed by atoms with Crippen LogP contribution in [-0.4, -0.2) is 33.6 Å². The summed E-state index contributed by atoms with van der Waals surface area (Å²) >= 11 is 2.70. The Morgan fingerprint density at radius 1 is 1.34 bits per heavy atom. The Labute approximate surface area is 176 Å². The number of carbonyl (C=O) groups is 2. The summed E-state index contributed by atoms with van der Waals surface area (Å²) in [6.45, 7) is 5.81. The third-order valence-electron chi connectivity index (χ3n) is 3.95. The van der Waals surface area contributed by atoms with E-state index in [0.29, 0.717) is 33.8 Å². The summed E-state index contributed by atoms with van der Waals surface area (Å²) in [7, 11) is 0. The van der Waals surface area contributed by atoms with Crippen molar-refractivity contribution < 1.29 is 18.8 Å². The second kappa shape index (κ2) is 9.66. The highest BCUT2D eigenvalue weighted by Crippen LogP contribution is 2.28. The third-order valence-corrected chi connectivity index (χ3v) is 5.79. The highest BCUT2D eigenvalue weighted by Gasteiger charge is 2.17. The van der Waals surface area contributed by atoms with Crippen LogP contribution in [0.2, 0.25) is 0 Å². The fourth-order valence-electron chi connectivity index (χ4n) is 2.50. The van der Waals surface area contributed by atoms with Crippen molar-refractivity contribution in [3.05, 3.63) is 52.0 Å². The number of aryl methyl sites for hydroxylation is 2. The fourth-order valence-corrected chi connectivity index (χ4v) is 4.35. The lowest BCUT2D eigenvalue weighted by atomic mass is 10.2. The van der Waals surface area contributed by atoms with Crippen LogP contribution in [0.15, 0.2) is 33.3 Å². The van der Waals surface area contributed by atoms with Crippen molar-refractivity contribution >= 4 is 40.1 Å². The second-order valence-electron chi connectivity index (χ2n) is 6.03. The predicted molar refractivity (Wildman–Crippen MR) is 110 cm³/mol. The van der Waals surface area contributed by atoms with E-state index in [0.717, 1.165) is 17.0 Å². The Kier molecular flexibility index (Phi) is 6.99. The molecule has 0 fully saturated rings. The van der Waals surface area contributed by atoms with Gasteiger partial charge in [0.25, 0.3) is 5.91 Å². The van der Waals surface area contributed by atoms with E-state index in [4.69, 9.17) is 9.26 Å². The Bertz CT molecular complexity index is 996. The quantitative estimate of drug-likeness (QED) is 0.423. The van der Waals surface area contributed by atoms with Crippen molar-refractivity contribution in [1.29, 1.82) is 0 Å². The molecule has 0 radical (unpaired) electrons. The normalized spacial score (nSPS) is 10.7. The molecule has 0 bridgehead atoms. The number of hydrogen-bond acceptors (Lipinski definition) is 9. The van der Waals surface area contributed by atoms with Gasteiger partial charge in [-0.05, 0) is 32.9 Å². The zero-order valence-electron chi connectivity index (χ0n) is 16.2. The van der Waals surface area contributed by atoms with Crippen molar-refractivity contribution in [1.82, 2.24) is 15.1 Å². The third kappa shape index (κ3) is 5.42. The average Bonchev–Trinajstić information content (AvgIpc) is 3.26. The van der Waals surface area contributed by atoms with Gasteiger partial charge in [-0.1, -0.05) is 5.16 Å². The summed E-state index contributed by atoms with van der Waals surface area (Å²) in [5, 5.41) is 9.47. The van der Waals surface area contributed by atoms with Crippen LogP contribution in [0, 0.1) is 13.8 Å². The number of thiazole rings is 1. The summed E-state index contributed by atoms with van der Waals surface area (Å²) in [5.74, 6) is 0.700. The number of esters is 1. The maximum Gasteiger partial charge on any atom is 0.311 e. The van der Waals surface area contributed by atoms with Crippen LogP contribution in [0.5, 0.6) is 0 Å². The highest BCUT2D eigenvalue weighted by molar-refractivity contribution is 7.98. The van der Waals surface area contributed by atoms with Crippen molar-refractivity contribution in [2.24, 2.45) is 0 Å². The SMILES string of the molecule is CCOC(=O)Cc1csc(NC(=O)c2cccnc2SCc2c(C)noc2C)n1. The van der Waals surface area contributed by atoms with E-state index < -0.39 is 0 Å². The lowest BCUT2D eigenvalue weighted by molar-refractivity contribution is -0.142. The van der Waals surface area contributed by atoms with Crippen LogP contribution in [0.3, 0.4) is 0 Å². The van der Waals surface area contributed by atoms with Gasteiger partial charge in [0.1, 0.15) is 10.8 Å². The van der Waals surface area contributed by atoms with Crippen LogP contribution in [0.4, 0.5) is 5.13 Å². The highest BCUT2D eigenvalue weighted by atomic mass is 32.2. The van der Waals surface area contributed by atoms with E-state index in [1.165, 1.54) is 23.1 Å². The van der Waals surface area contributed by atoms with Crippen molar-refractivity contribution in [2.45, 2.75) is 38.0 Å². The molecule has 3 aromatic rings. The molecule has 0 saturated carbocycles. The maximum absolute atomic E-state index is 12.7. The van der Waals surface area contributed by atoms with Gasteiger partial charge in [-0.15, -0.1) is 23.1 Å². The first-order chi connectivity index (χ1) is 14.0. The predicted octanol–water partition coefficient (Wildman–Crippen LogP) is 3.79. The lowest BCUT2D eigenvalue weighted by Gasteiger charge is -2.07. The summed E-state index contributed by atoms with van der Waals surface area (Å²) in [5.41, 5.74) is 2.83. The molecule has 0 spiro atoms. The number of hydrogen-bond donors (Lipinski definition) is 1. The zero-order valence-corrected chi connectivity index (χ0v) is 17.9. The number of rotatable bonds is 8. The summed E-state index contributed by atoms with van der Waals surface area (Å²) in [6.07, 6.45) is 1.72. The maximum atomic E-state index is 12.7. The van der Waals surface area contributed by atoms with Crippen molar-refractivity contribution in [3.63, 3.8) is 0 Å². The number of amides is 1. The van der Waals surface area contributed by atoms with Crippen LogP contribution < -0.4 is 5.32 Å². The van der Waals surface area contributed by atoms with Gasteiger partial charge in [0, 0.05) is 22.9 Å². The molecule has 0 unspecified atom stereocenters. The van der Waals surface area contributed by atoms with E-state index in [9.17, 15) is 9.59 Å². The number of anilines is 1. The van der Waals surface area contributed by atoms with Crippen LogP contribution in [-0.2, 0) is 21.7 Å². The molecule has 29 heavy (non-hydrogen) atoms. The molecule has 3 rings (SSSR count). The minimum atomic E-state index is -0.346. The molecule has 10 heteroatoms. The Hall–Kier alpha value is -2.72. The van der Waals surface area contributed by atoms with Gasteiger partial charge < -0.3 is 9.26 Å². The number of ether oxygens (including phenoxy) is 1. The van der Waals surface area contributed by atoms with Gasteiger partial charge >= 0.3 is 5.97 Å². The first-order valence-corrected chi connectivity index (χ1v) is 10.8. The van der Waals surface area contributed by atoms with Gasteiger partial charge in [-0.2, -0.15) is 0 Å². The van der Waals surface area contributed by atoms with Crippen molar-refractivity contribution in [2.75, 3.05) is 11.9 Å². The van der Waals surface area contributed by atoms with E-state index in [1.54, 1.807) is 30.6 Å². The molecule has 8 nitrogen and oxygen atoms in total. The van der Waals surface area contributed by atoms with Gasteiger partial charge in [-0.3, -0.25) is 14.9 Å². The number of carbonyl (C=O) groups excluding carboxylic acids is 2. The Balaban J connectivity index is 1.67. The minimum absolute atomic E-state index is 0.0750. The lowest BCUT2D eigenvalue weighted by Crippen LogP contribution is -2.14. The molecule has 3 aromatic heterocycles. The van der Waals surface area contributed by atoms with Crippen molar-refractivity contribution in [3.8, 4) is 0 Å². The second-order valence-corrected chi connectivity index (χ2v) is 7.85. The van der Waals surface area contributed by atoms with E-state index >= 15 is 0 Å². The number of nitrogens with one attached hydrogen (secondary N) is 1. The number of aromatic nitrogens is 3. The zero-order chi connectivity index (χ0) is 20.8. The van der Waals surface area contributed by atoms with Gasteiger partial charge in [-0.25, -0.2) is 9.97 Å². The van der Waals surface area contributed by atoms with Crippen LogP contribution in [0.1, 0.15) is 40.0 Å². The molecule has 0 aliphatic heterocycles. The minimum Gasteiger partial charge on any atom is -0.466 e.